The first kappa shape index (κ1) is 27.6. The van der Waals surface area contributed by atoms with Gasteiger partial charge in [-0.05, 0) is 71.6 Å². The Labute approximate surface area is 238 Å². The molecule has 1 amide bonds. The van der Waals surface area contributed by atoms with E-state index in [4.69, 9.17) is 38.4 Å². The summed E-state index contributed by atoms with van der Waals surface area (Å²) < 4.78 is 14.4. The van der Waals surface area contributed by atoms with Gasteiger partial charge >= 0.3 is 0 Å². The van der Waals surface area contributed by atoms with E-state index < -0.39 is 11.9 Å². The van der Waals surface area contributed by atoms with Crippen molar-refractivity contribution in [3.8, 4) is 11.5 Å². The summed E-state index contributed by atoms with van der Waals surface area (Å²) >= 11 is 17.4. The molecule has 0 saturated heterocycles. The summed E-state index contributed by atoms with van der Waals surface area (Å²) in [7, 11) is 0. The van der Waals surface area contributed by atoms with Crippen LogP contribution in [0.5, 0.6) is 11.5 Å². The van der Waals surface area contributed by atoms with E-state index in [-0.39, 0.29) is 6.61 Å². The van der Waals surface area contributed by atoms with Crippen molar-refractivity contribution in [3.05, 3.63) is 67.2 Å². The summed E-state index contributed by atoms with van der Waals surface area (Å²) in [5, 5.41) is 9.41. The molecule has 0 fully saturated rings. The normalized spacial score (nSPS) is 14.8. The minimum Gasteiger partial charge on any atom is -0.490 e. The number of hydrogen-bond donors (Lipinski definition) is 2. The van der Waals surface area contributed by atoms with E-state index in [1.165, 1.54) is 0 Å². The lowest BCUT2D eigenvalue weighted by Gasteiger charge is -2.28. The van der Waals surface area contributed by atoms with Gasteiger partial charge in [0.1, 0.15) is 12.6 Å². The smallest absolute Gasteiger partial charge is 0.248 e. The fourth-order valence-corrected chi connectivity index (χ4v) is 5.53. The Morgan fingerprint density at radius 1 is 1.22 bits per heavy atom. The molecule has 2 aromatic carbocycles. The molecule has 196 valence electrons. The molecule has 3 aromatic rings. The highest BCUT2D eigenvalue weighted by Gasteiger charge is 2.34. The highest BCUT2D eigenvalue weighted by Crippen LogP contribution is 2.43. The number of halogens is 3. The second kappa shape index (κ2) is 12.0. The van der Waals surface area contributed by atoms with E-state index in [9.17, 15) is 4.79 Å². The maximum atomic E-state index is 12.6. The zero-order valence-electron chi connectivity index (χ0n) is 20.5. The molecule has 8 nitrogen and oxygen atoms in total. The average Bonchev–Trinajstić information content (AvgIpc) is 3.25. The van der Waals surface area contributed by atoms with Crippen molar-refractivity contribution >= 4 is 62.7 Å². The lowest BCUT2D eigenvalue weighted by atomic mass is 9.95. The van der Waals surface area contributed by atoms with Crippen molar-refractivity contribution in [3.63, 3.8) is 0 Å². The first-order valence-corrected chi connectivity index (χ1v) is 14.2. The summed E-state index contributed by atoms with van der Waals surface area (Å²) in [4.78, 5) is 17.2. The van der Waals surface area contributed by atoms with Gasteiger partial charge in [0.2, 0.25) is 17.0 Å². The first-order chi connectivity index (χ1) is 17.7. The molecule has 4 rings (SSSR count). The van der Waals surface area contributed by atoms with Crippen LogP contribution in [-0.4, -0.2) is 33.0 Å². The van der Waals surface area contributed by atoms with Gasteiger partial charge in [-0.25, -0.2) is 4.68 Å². The number of anilines is 1. The van der Waals surface area contributed by atoms with E-state index >= 15 is 0 Å². The van der Waals surface area contributed by atoms with Gasteiger partial charge in [-0.3, -0.25) is 4.79 Å². The number of ether oxygens (including phenoxy) is 2. The number of primary amides is 1. The zero-order chi connectivity index (χ0) is 26.7. The van der Waals surface area contributed by atoms with Crippen LogP contribution < -0.4 is 20.5 Å². The van der Waals surface area contributed by atoms with Crippen molar-refractivity contribution in [2.45, 2.75) is 45.0 Å². The molecule has 0 bridgehead atoms. The van der Waals surface area contributed by atoms with E-state index in [0.29, 0.717) is 55.0 Å². The van der Waals surface area contributed by atoms with Gasteiger partial charge in [0.05, 0.1) is 26.7 Å². The molecule has 0 saturated carbocycles. The molecule has 37 heavy (non-hydrogen) atoms. The first-order valence-electron chi connectivity index (χ1n) is 11.6. The van der Waals surface area contributed by atoms with Crippen molar-refractivity contribution in [1.82, 2.24) is 14.8 Å². The molecule has 3 N–H and O–H groups in total. The Bertz CT molecular complexity index is 1360. The molecule has 0 aliphatic carbocycles. The molecular formula is C25H26BrCl2N5O3S. The summed E-state index contributed by atoms with van der Waals surface area (Å²) in [5.41, 5.74) is 8.45. The third kappa shape index (κ3) is 6.03. The Hall–Kier alpha value is -2.40. The molecule has 1 aromatic heterocycles. The molecule has 1 aliphatic rings. The second-order valence-corrected chi connectivity index (χ2v) is 11.0. The van der Waals surface area contributed by atoms with Crippen LogP contribution >= 0.6 is 50.9 Å². The lowest BCUT2D eigenvalue weighted by Crippen LogP contribution is -2.32. The minimum atomic E-state index is -0.600. The van der Waals surface area contributed by atoms with Crippen LogP contribution in [0.2, 0.25) is 10.0 Å². The quantitative estimate of drug-likeness (QED) is 0.244. The van der Waals surface area contributed by atoms with Gasteiger partial charge in [0.25, 0.3) is 0 Å². The Kier molecular flexibility index (Phi) is 8.94. The number of aromatic nitrogens is 3. The van der Waals surface area contributed by atoms with Gasteiger partial charge < -0.3 is 20.5 Å². The summed E-state index contributed by atoms with van der Waals surface area (Å²) in [5.74, 6) is 1.90. The SMILES string of the molecule is CCCSc1nc2n(n1)C(c1cc(Br)c(OCc3ccc(Cl)c(Cl)c3)c(OCC)c1)C(C(N)=O)=C(C)N2. The third-order valence-corrected chi connectivity index (χ3v) is 7.92. The predicted octanol–water partition coefficient (Wildman–Crippen LogP) is 6.60. The van der Waals surface area contributed by atoms with Crippen molar-refractivity contribution in [2.75, 3.05) is 17.7 Å². The number of benzene rings is 2. The van der Waals surface area contributed by atoms with Gasteiger partial charge in [0.15, 0.2) is 11.5 Å². The maximum absolute atomic E-state index is 12.6. The monoisotopic (exact) mass is 625 g/mol. The van der Waals surface area contributed by atoms with Crippen LogP contribution in [0.25, 0.3) is 0 Å². The van der Waals surface area contributed by atoms with Crippen molar-refractivity contribution in [1.29, 1.82) is 0 Å². The number of allylic oxidation sites excluding steroid dienone is 1. The van der Waals surface area contributed by atoms with E-state index in [1.54, 1.807) is 35.5 Å². The van der Waals surface area contributed by atoms with Crippen LogP contribution in [-0.2, 0) is 11.4 Å². The van der Waals surface area contributed by atoms with Crippen LogP contribution in [0.3, 0.4) is 0 Å². The largest absolute Gasteiger partial charge is 0.490 e. The fraction of sp³-hybridized carbons (Fsp3) is 0.320. The maximum Gasteiger partial charge on any atom is 0.248 e. The fourth-order valence-electron chi connectivity index (χ4n) is 3.95. The number of nitrogens with one attached hydrogen (secondary N) is 1. The van der Waals surface area contributed by atoms with Crippen LogP contribution in [0.15, 0.2) is 51.2 Å². The Balaban J connectivity index is 1.75. The number of carbonyl (C=O) groups excluding carboxylic acids is 1. The standard InChI is InChI=1S/C25H26BrCl2N5O3S/c1-4-8-37-25-31-24-30-13(3)20(23(29)34)21(33(24)32-25)15-10-16(26)22(19(11-15)35-5-2)36-12-14-6-7-17(27)18(28)9-14/h6-7,9-11,21H,4-5,8,12H2,1-3H3,(H2,29,34)(H,30,31,32). The number of nitrogens with zero attached hydrogens (tertiary/aromatic N) is 3. The number of fused-ring (bicyclic) bond motifs is 1. The zero-order valence-corrected chi connectivity index (χ0v) is 24.4. The topological polar surface area (TPSA) is 104 Å². The number of rotatable bonds is 10. The van der Waals surface area contributed by atoms with Crippen LogP contribution in [0, 0.1) is 0 Å². The number of amides is 1. The number of carbonyl (C=O) groups is 1. The number of hydrogen-bond acceptors (Lipinski definition) is 7. The molecule has 1 unspecified atom stereocenters. The number of nitrogens with two attached hydrogens (primary N) is 1. The highest BCUT2D eigenvalue weighted by molar-refractivity contribution is 9.10. The summed E-state index contributed by atoms with van der Waals surface area (Å²) in [6.07, 6.45) is 0.990. The predicted molar refractivity (Wildman–Crippen MR) is 151 cm³/mol. The Morgan fingerprint density at radius 2 is 2.00 bits per heavy atom. The molecule has 0 radical (unpaired) electrons. The molecule has 2 heterocycles. The van der Waals surface area contributed by atoms with E-state index in [1.807, 2.05) is 25.1 Å². The number of thioether (sulfide) groups is 1. The van der Waals surface area contributed by atoms with Gasteiger partial charge in [-0.2, -0.15) is 4.98 Å². The lowest BCUT2D eigenvalue weighted by molar-refractivity contribution is -0.115. The molecule has 1 aliphatic heterocycles. The van der Waals surface area contributed by atoms with Gasteiger partial charge in [-0.1, -0.05) is 48.0 Å². The highest BCUT2D eigenvalue weighted by atomic mass is 79.9. The van der Waals surface area contributed by atoms with Crippen LogP contribution in [0.1, 0.15) is 44.4 Å². The van der Waals surface area contributed by atoms with Crippen molar-refractivity contribution in [2.24, 2.45) is 5.73 Å². The third-order valence-electron chi connectivity index (χ3n) is 5.55. The molecule has 12 heteroatoms. The average molecular weight is 627 g/mol. The van der Waals surface area contributed by atoms with E-state index in [0.717, 1.165) is 23.3 Å². The molecular weight excluding hydrogens is 601 g/mol. The van der Waals surface area contributed by atoms with Gasteiger partial charge in [-0.15, -0.1) is 5.10 Å². The summed E-state index contributed by atoms with van der Waals surface area (Å²) in [6.45, 7) is 6.45. The second-order valence-electron chi connectivity index (χ2n) is 8.24. The van der Waals surface area contributed by atoms with E-state index in [2.05, 4.69) is 38.3 Å². The van der Waals surface area contributed by atoms with Gasteiger partial charge in [0, 0.05) is 11.4 Å². The van der Waals surface area contributed by atoms with Crippen LogP contribution in [0.4, 0.5) is 5.95 Å². The molecule has 1 atom stereocenters. The Morgan fingerprint density at radius 3 is 2.68 bits per heavy atom. The minimum absolute atomic E-state index is 0.249. The summed E-state index contributed by atoms with van der Waals surface area (Å²) in [6, 6.07) is 8.45. The molecule has 0 spiro atoms. The van der Waals surface area contributed by atoms with Crippen molar-refractivity contribution < 1.29 is 14.3 Å².